The number of carboxylic acids is 1. The fraction of sp³-hybridized carbons (Fsp3) is 0.357. The first kappa shape index (κ1) is 87.0. The maximum absolute atomic E-state index is 14.3. The third-order valence-electron chi connectivity index (χ3n) is 24.3. The number of aromatic amines is 2. The van der Waals surface area contributed by atoms with Gasteiger partial charge in [-0.3, -0.25) is 39.4 Å². The number of nitrogens with zero attached hydrogens (tertiary/aromatic N) is 8. The van der Waals surface area contributed by atoms with Crippen molar-refractivity contribution in [3.63, 3.8) is 0 Å². The summed E-state index contributed by atoms with van der Waals surface area (Å²) in [6.45, 7) is 16.7. The van der Waals surface area contributed by atoms with Crippen LogP contribution in [0.2, 0.25) is 0 Å². The first-order chi connectivity index (χ1) is 59.7. The minimum Gasteiger partial charge on any atom is -0.479 e. The Kier molecular flexibility index (Phi) is 28.4. The second kappa shape index (κ2) is 40.1. The Hall–Kier alpha value is -12.3. The molecule has 0 radical (unpaired) electrons. The van der Waals surface area contributed by atoms with Crippen LogP contribution in [0.3, 0.4) is 0 Å². The number of nitrogens with one attached hydrogen (secondary N) is 5. The number of likely N-dealkylation sites (tertiary alicyclic amines) is 3. The van der Waals surface area contributed by atoms with E-state index in [0.29, 0.717) is 24.0 Å². The Bertz CT molecular complexity index is 5580. The number of methoxy groups -OCH3 is 3. The lowest BCUT2D eigenvalue weighted by atomic mass is 9.91. The number of fused-ring (bicyclic) bond motifs is 2. The van der Waals surface area contributed by atoms with Gasteiger partial charge in [-0.25, -0.2) is 24.4 Å². The van der Waals surface area contributed by atoms with Gasteiger partial charge in [-0.2, -0.15) is 0 Å². The number of thioether (sulfide) groups is 1. The lowest BCUT2D eigenvalue weighted by Gasteiger charge is -2.35. The molecule has 0 saturated carbocycles. The topological polar surface area (TPSA) is 299 Å². The number of likely N-dealkylation sites (N-methyl/N-ethyl adjacent to an activating group) is 1. The number of benzene rings is 8. The van der Waals surface area contributed by atoms with Gasteiger partial charge in [-0.15, -0.1) is 11.8 Å². The summed E-state index contributed by atoms with van der Waals surface area (Å²) in [6.07, 6.45) is 13.4. The lowest BCUT2D eigenvalue weighted by Crippen LogP contribution is -2.51. The molecule has 0 bridgehead atoms. The quantitative estimate of drug-likeness (QED) is 0.0229. The molecule has 16 rings (SSSR count). The molecule has 4 fully saturated rings. The van der Waals surface area contributed by atoms with Crippen LogP contribution in [0.15, 0.2) is 217 Å². The SMILES string of the molecule is CCN(CC)[C@@H](C(=O)N1CCC[C@H]1C1=NC=C(c2ccc(-c3ccc4cc(-c5cnc([C@@H]6CCCN6C(=O)[C@@H](NC(=O)OC)C(C)C)[nH]5)ccc4c3)cc2)C1)c1ccccc1.COC(=O)C[C@H](C(=O)N1CCC[C@H]1c1ncc(-c2ccc3cc(-c4ccc(C5=CN=C([C@H]6NCCS6)C5)cc4)ccc3c2)[nH]1)C(C)C.COC(=O)N[C@@H](C(=O)O)c1ccccc1. The van der Waals surface area contributed by atoms with E-state index in [4.69, 9.17) is 34.5 Å². The molecular weight excluding hydrogens is 1570 g/mol. The molecule has 6 aliphatic rings. The van der Waals surface area contributed by atoms with E-state index in [2.05, 4.69) is 188 Å². The van der Waals surface area contributed by atoms with Crippen molar-refractivity contribution in [2.75, 3.05) is 66.4 Å². The van der Waals surface area contributed by atoms with Gasteiger partial charge in [0.2, 0.25) is 17.7 Å². The number of esters is 1. The van der Waals surface area contributed by atoms with Crippen molar-refractivity contribution < 1.29 is 52.9 Å². The van der Waals surface area contributed by atoms with Crippen LogP contribution >= 0.6 is 11.8 Å². The molecule has 0 spiro atoms. The number of H-pyrrole nitrogens is 2. The number of hydrogen-bond acceptors (Lipinski definition) is 17. The third kappa shape index (κ3) is 20.2. The lowest BCUT2D eigenvalue weighted by molar-refractivity contribution is -0.148. The number of amides is 5. The Morgan fingerprint density at radius 1 is 0.504 bits per heavy atom. The first-order valence-corrected chi connectivity index (χ1v) is 43.7. The zero-order valence-corrected chi connectivity index (χ0v) is 72.0. The number of carbonyl (C=O) groups excluding carboxylic acids is 6. The molecule has 0 aliphatic carbocycles. The molecule has 6 N–H and O–H groups in total. The molecule has 123 heavy (non-hydrogen) atoms. The number of carbonyl (C=O) groups is 7. The molecule has 8 heterocycles. The summed E-state index contributed by atoms with van der Waals surface area (Å²) in [5.74, 6) is 0.765. The number of allylic oxidation sites excluding steroid dienone is 2. The van der Waals surface area contributed by atoms with Crippen molar-refractivity contribution in [2.45, 2.75) is 141 Å². The largest absolute Gasteiger partial charge is 0.479 e. The highest BCUT2D eigenvalue weighted by Crippen LogP contribution is 2.40. The number of alkyl carbamates (subject to hydrolysis) is 2. The van der Waals surface area contributed by atoms with Crippen LogP contribution in [0, 0.1) is 17.8 Å². The van der Waals surface area contributed by atoms with Gasteiger partial charge in [0, 0.05) is 79.7 Å². The Balaban J connectivity index is 0.000000175. The first-order valence-electron chi connectivity index (χ1n) is 42.7. The van der Waals surface area contributed by atoms with Crippen molar-refractivity contribution >= 4 is 97.7 Å². The monoisotopic (exact) mass is 1680 g/mol. The number of aliphatic carboxylic acids is 1. The highest BCUT2D eigenvalue weighted by molar-refractivity contribution is 8.00. The molecule has 8 atom stereocenters. The fourth-order valence-corrected chi connectivity index (χ4v) is 18.5. The molecule has 4 saturated heterocycles. The van der Waals surface area contributed by atoms with Crippen LogP contribution in [0.1, 0.15) is 157 Å². The average molecular weight is 1680 g/mol. The highest BCUT2D eigenvalue weighted by atomic mass is 32.2. The Morgan fingerprint density at radius 2 is 0.943 bits per heavy atom. The second-order valence-electron chi connectivity index (χ2n) is 32.6. The number of hydrogen-bond donors (Lipinski definition) is 6. The molecule has 5 amide bonds. The van der Waals surface area contributed by atoms with Gasteiger partial charge < -0.3 is 54.6 Å². The number of rotatable bonds is 25. The van der Waals surface area contributed by atoms with E-state index in [1.807, 2.05) is 92.2 Å². The van der Waals surface area contributed by atoms with Gasteiger partial charge in [0.15, 0.2) is 6.04 Å². The van der Waals surface area contributed by atoms with E-state index >= 15 is 0 Å². The van der Waals surface area contributed by atoms with Gasteiger partial charge in [0.25, 0.3) is 0 Å². The van der Waals surface area contributed by atoms with E-state index in [-0.39, 0.29) is 66.1 Å². The number of aromatic nitrogens is 4. The van der Waals surface area contributed by atoms with E-state index in [1.165, 1.54) is 60.3 Å². The minimum absolute atomic E-state index is 0.00293. The van der Waals surface area contributed by atoms with Gasteiger partial charge in [0.05, 0.1) is 80.9 Å². The fourth-order valence-electron chi connectivity index (χ4n) is 17.5. The summed E-state index contributed by atoms with van der Waals surface area (Å²) in [5, 5.41) is 22.3. The third-order valence-corrected chi connectivity index (χ3v) is 25.5. The summed E-state index contributed by atoms with van der Waals surface area (Å²) < 4.78 is 14.0. The summed E-state index contributed by atoms with van der Waals surface area (Å²) in [7, 11) is 3.85. The van der Waals surface area contributed by atoms with Crippen LogP contribution in [0.4, 0.5) is 9.59 Å². The molecule has 2 aromatic heterocycles. The highest BCUT2D eigenvalue weighted by Gasteiger charge is 2.42. The number of aliphatic imine (C=N–C) groups is 2. The maximum atomic E-state index is 14.3. The maximum Gasteiger partial charge on any atom is 0.407 e. The minimum atomic E-state index is -1.13. The van der Waals surface area contributed by atoms with Crippen LogP contribution in [0.25, 0.3) is 77.5 Å². The van der Waals surface area contributed by atoms with Crippen molar-refractivity contribution in [1.29, 1.82) is 0 Å². The van der Waals surface area contributed by atoms with E-state index in [1.54, 1.807) is 30.3 Å². The van der Waals surface area contributed by atoms with Crippen molar-refractivity contribution in [3.05, 3.63) is 241 Å². The Labute approximate surface area is 722 Å². The van der Waals surface area contributed by atoms with Crippen molar-refractivity contribution in [1.82, 2.24) is 55.5 Å². The molecular formula is C98H109N13O11S. The van der Waals surface area contributed by atoms with Crippen LogP contribution in [0.5, 0.6) is 0 Å². The van der Waals surface area contributed by atoms with Gasteiger partial charge >= 0.3 is 24.1 Å². The molecule has 10 aromatic rings. The zero-order valence-electron chi connectivity index (χ0n) is 71.2. The summed E-state index contributed by atoms with van der Waals surface area (Å²) >= 11 is 1.94. The molecule has 24 nitrogen and oxygen atoms in total. The smallest absolute Gasteiger partial charge is 0.407 e. The number of carboxylic acid groups (broad SMARTS) is 1. The van der Waals surface area contributed by atoms with Crippen LogP contribution in [-0.4, -0.2) is 182 Å². The van der Waals surface area contributed by atoms with E-state index < -0.39 is 36.2 Å². The van der Waals surface area contributed by atoms with Gasteiger partial charge in [-0.1, -0.05) is 199 Å². The molecule has 638 valence electrons. The summed E-state index contributed by atoms with van der Waals surface area (Å²) in [6, 6.07) is 59.8. The molecule has 25 heteroatoms. The zero-order chi connectivity index (χ0) is 86.4. The van der Waals surface area contributed by atoms with E-state index in [0.717, 1.165) is 162 Å². The second-order valence-corrected chi connectivity index (χ2v) is 33.8. The standard InChI is InChI=1S/C50H57N7O4.C38H41N5O3S.C10H11NO4/c1-6-55(7-2)46(35-13-9-8-10-14-35)49(59)56-25-11-15-43(56)41-29-40(30-51-41)34-19-17-33(18-20-34)36-21-22-38-28-39(24-23-37(38)27-36)42-31-52-47(53-42)44-16-12-26-57(44)48(58)45(32(3)4)54-50(60)61-5;1-23(2)31(20-35(44)46-3)38(45)43-15-4-5-34(43)36-41-22-33(42-36)29-13-12-27-17-26(10-11-28(27)18-29)24-6-8-25(9-7-24)30-19-32(40-21-30)37-39-14-16-47-37;1-15-10(14)11-8(9(12)13)7-5-3-2-4-6-7/h8-10,13-14,17-24,27-28,30-32,43-46H,6-7,11-12,15-16,25-26,29H2,1-5H3,(H,52,53)(H,54,60);6-13,17-18,21-23,31,34,37,39H,4-5,14-16,19-20H2,1-3H3,(H,41,42);2-6,8H,1H3,(H,11,14)(H,12,13)/t43-,44-,45-,46+;31-,34-,37-;8-/m001/s1. The normalized spacial score (nSPS) is 18.4. The number of imidazole rings is 2. The van der Waals surface area contributed by atoms with E-state index in [9.17, 15) is 33.6 Å². The summed E-state index contributed by atoms with van der Waals surface area (Å²) in [4.78, 5) is 121. The molecule has 8 aromatic carbocycles. The predicted molar refractivity (Wildman–Crippen MR) is 484 cm³/mol. The molecule has 6 aliphatic heterocycles. The predicted octanol–water partition coefficient (Wildman–Crippen LogP) is 17.6. The number of ether oxygens (including phenoxy) is 3. The van der Waals surface area contributed by atoms with Gasteiger partial charge in [-0.05, 0) is 165 Å². The Morgan fingerprint density at radius 3 is 1.41 bits per heavy atom. The summed E-state index contributed by atoms with van der Waals surface area (Å²) in [5.41, 5.74) is 17.2. The van der Waals surface area contributed by atoms with Crippen LogP contribution < -0.4 is 16.0 Å². The van der Waals surface area contributed by atoms with Crippen molar-refractivity contribution in [3.8, 4) is 44.8 Å². The molecule has 0 unspecified atom stereocenters. The van der Waals surface area contributed by atoms with Crippen LogP contribution in [-0.2, 0) is 38.2 Å². The van der Waals surface area contributed by atoms with Crippen molar-refractivity contribution in [2.24, 2.45) is 27.7 Å². The van der Waals surface area contributed by atoms with Gasteiger partial charge in [0.1, 0.15) is 23.7 Å². The average Bonchev–Trinajstić information content (AvgIpc) is 1.72.